The van der Waals surface area contributed by atoms with Gasteiger partial charge in [0.1, 0.15) is 0 Å². The lowest BCUT2D eigenvalue weighted by Gasteiger charge is -1.98. The zero-order chi connectivity index (χ0) is 8.27. The molecule has 11 heavy (non-hydrogen) atoms. The van der Waals surface area contributed by atoms with Crippen molar-refractivity contribution in [3.63, 3.8) is 0 Å². The van der Waals surface area contributed by atoms with E-state index in [9.17, 15) is 0 Å². The Kier molecular flexibility index (Phi) is 3.84. The quantitative estimate of drug-likeness (QED) is 0.652. The predicted molar refractivity (Wildman–Crippen MR) is 67.2 cm³/mol. The summed E-state index contributed by atoms with van der Waals surface area (Å²) in [6, 6.07) is 8.52. The van der Waals surface area contributed by atoms with Gasteiger partial charge in [0.2, 0.25) is 0 Å². The average molecular weight is 370 g/mol. The number of halogens is 2. The molecule has 0 amide bonds. The summed E-state index contributed by atoms with van der Waals surface area (Å²) in [6.45, 7) is 2.11. The molecule has 0 atom stereocenters. The molecule has 0 unspecified atom stereocenters. The first-order valence-electron chi connectivity index (χ1n) is 3.27. The third-order valence-corrected chi connectivity index (χ3v) is 4.14. The highest BCUT2D eigenvalue weighted by Gasteiger charge is 1.94. The Bertz CT molecular complexity index is 277. The van der Waals surface area contributed by atoms with Crippen molar-refractivity contribution < 1.29 is 0 Å². The van der Waals surface area contributed by atoms with E-state index in [2.05, 4.69) is 80.5 Å². The van der Waals surface area contributed by atoms with Crippen LogP contribution in [0.25, 0.3) is 3.58 Å². The highest BCUT2D eigenvalue weighted by Crippen LogP contribution is 2.23. The summed E-state index contributed by atoms with van der Waals surface area (Å²) in [5.74, 6) is 0. The van der Waals surface area contributed by atoms with Crippen LogP contribution >= 0.6 is 45.2 Å². The van der Waals surface area contributed by atoms with E-state index in [1.54, 1.807) is 0 Å². The molecule has 0 radical (unpaired) electrons. The summed E-state index contributed by atoms with van der Waals surface area (Å²) in [7, 11) is 0. The second-order valence-electron chi connectivity index (χ2n) is 2.33. The van der Waals surface area contributed by atoms with Crippen molar-refractivity contribution >= 4 is 48.8 Å². The van der Waals surface area contributed by atoms with Crippen LogP contribution in [0.4, 0.5) is 0 Å². The molecule has 0 heterocycles. The van der Waals surface area contributed by atoms with Crippen molar-refractivity contribution in [2.75, 3.05) is 0 Å². The number of hydrogen-bond acceptors (Lipinski definition) is 0. The minimum Gasteiger partial charge on any atom is -0.0614 e. The molecule has 0 aromatic heterocycles. The Hall–Kier alpha value is 0.420. The smallest absolute Gasteiger partial charge is 0.0263 e. The molecule has 0 saturated carbocycles. The molecular formula is C9H8I2. The molecule has 0 nitrogen and oxygen atoms in total. The third-order valence-electron chi connectivity index (χ3n) is 1.39. The van der Waals surface area contributed by atoms with Crippen molar-refractivity contribution in [2.45, 2.75) is 6.92 Å². The van der Waals surface area contributed by atoms with Gasteiger partial charge in [-0.05, 0) is 39.2 Å². The molecule has 0 spiro atoms. The van der Waals surface area contributed by atoms with Gasteiger partial charge in [0, 0.05) is 3.58 Å². The number of hydrogen-bond donors (Lipinski definition) is 0. The topological polar surface area (TPSA) is 0 Å². The molecule has 1 aromatic carbocycles. The second-order valence-corrected chi connectivity index (χ2v) is 4.11. The van der Waals surface area contributed by atoms with E-state index in [-0.39, 0.29) is 0 Å². The summed E-state index contributed by atoms with van der Waals surface area (Å²) >= 11 is 4.60. The van der Waals surface area contributed by atoms with Crippen molar-refractivity contribution in [1.29, 1.82) is 0 Å². The maximum atomic E-state index is 2.34. The van der Waals surface area contributed by atoms with Crippen LogP contribution in [0.15, 0.2) is 28.3 Å². The van der Waals surface area contributed by atoms with Gasteiger partial charge >= 0.3 is 0 Å². The van der Waals surface area contributed by atoms with Crippen molar-refractivity contribution in [1.82, 2.24) is 0 Å². The molecule has 0 N–H and O–H groups in total. The monoisotopic (exact) mass is 370 g/mol. The molecule has 0 aliphatic carbocycles. The number of rotatable bonds is 1. The third kappa shape index (κ3) is 2.74. The normalized spacial score (nSPS) is 11.7. The van der Waals surface area contributed by atoms with E-state index in [0.717, 1.165) is 0 Å². The van der Waals surface area contributed by atoms with E-state index in [4.69, 9.17) is 0 Å². The Labute approximate surface area is 94.4 Å². The van der Waals surface area contributed by atoms with E-state index in [1.165, 1.54) is 14.7 Å². The first kappa shape index (κ1) is 9.51. The zero-order valence-corrected chi connectivity index (χ0v) is 10.5. The summed E-state index contributed by atoms with van der Waals surface area (Å²) in [4.78, 5) is 0. The fraction of sp³-hybridized carbons (Fsp3) is 0.111. The van der Waals surface area contributed by atoms with E-state index in [0.29, 0.717) is 0 Å². The van der Waals surface area contributed by atoms with Crippen molar-refractivity contribution in [3.8, 4) is 0 Å². The van der Waals surface area contributed by atoms with Gasteiger partial charge in [-0.1, -0.05) is 52.4 Å². The SMILES string of the molecule is Cc1cccc(/C(I)=C\I)c1. The van der Waals surface area contributed by atoms with Gasteiger partial charge in [-0.25, -0.2) is 0 Å². The van der Waals surface area contributed by atoms with Gasteiger partial charge in [-0.2, -0.15) is 0 Å². The molecule has 1 aromatic rings. The lowest BCUT2D eigenvalue weighted by Crippen LogP contribution is -1.76. The summed E-state index contributed by atoms with van der Waals surface area (Å²) in [6.07, 6.45) is 0. The van der Waals surface area contributed by atoms with Crippen molar-refractivity contribution in [3.05, 3.63) is 39.5 Å². The van der Waals surface area contributed by atoms with Gasteiger partial charge in [-0.15, -0.1) is 0 Å². The number of benzene rings is 1. The van der Waals surface area contributed by atoms with E-state index >= 15 is 0 Å². The van der Waals surface area contributed by atoms with Crippen LogP contribution in [0.1, 0.15) is 11.1 Å². The largest absolute Gasteiger partial charge is 0.0614 e. The fourth-order valence-electron chi connectivity index (χ4n) is 0.857. The minimum absolute atomic E-state index is 1.30. The summed E-state index contributed by atoms with van der Waals surface area (Å²) in [5, 5.41) is 0. The van der Waals surface area contributed by atoms with Crippen LogP contribution < -0.4 is 0 Å². The maximum Gasteiger partial charge on any atom is 0.0263 e. The van der Waals surface area contributed by atoms with Crippen LogP contribution in [0.3, 0.4) is 0 Å². The summed E-state index contributed by atoms with van der Waals surface area (Å²) < 4.78 is 3.39. The molecule has 0 saturated heterocycles. The highest BCUT2D eigenvalue weighted by atomic mass is 127. The Morgan fingerprint density at radius 3 is 2.73 bits per heavy atom. The molecule has 0 bridgehead atoms. The van der Waals surface area contributed by atoms with Crippen LogP contribution in [0.2, 0.25) is 0 Å². The predicted octanol–water partition coefficient (Wildman–Crippen LogP) is 4.16. The van der Waals surface area contributed by atoms with E-state index in [1.807, 2.05) is 0 Å². The Morgan fingerprint density at radius 2 is 2.18 bits per heavy atom. The lowest BCUT2D eigenvalue weighted by molar-refractivity contribution is 1.46. The van der Waals surface area contributed by atoms with Gasteiger partial charge in [0.25, 0.3) is 0 Å². The summed E-state index contributed by atoms with van der Waals surface area (Å²) in [5.41, 5.74) is 2.62. The Balaban J connectivity index is 3.06. The molecule has 2 heteroatoms. The van der Waals surface area contributed by atoms with Gasteiger partial charge < -0.3 is 0 Å². The first-order chi connectivity index (χ1) is 5.24. The molecular weight excluding hydrogens is 362 g/mol. The minimum atomic E-state index is 1.30. The highest BCUT2D eigenvalue weighted by molar-refractivity contribution is 14.1. The van der Waals surface area contributed by atoms with Gasteiger partial charge in [0.05, 0.1) is 0 Å². The van der Waals surface area contributed by atoms with Gasteiger partial charge in [-0.3, -0.25) is 0 Å². The Morgan fingerprint density at radius 1 is 1.45 bits per heavy atom. The first-order valence-corrected chi connectivity index (χ1v) is 5.59. The van der Waals surface area contributed by atoms with Crippen LogP contribution in [0, 0.1) is 6.92 Å². The van der Waals surface area contributed by atoms with E-state index < -0.39 is 0 Å². The molecule has 1 rings (SSSR count). The molecule has 0 aliphatic heterocycles. The second kappa shape index (κ2) is 4.45. The van der Waals surface area contributed by atoms with Gasteiger partial charge in [0.15, 0.2) is 0 Å². The van der Waals surface area contributed by atoms with Crippen LogP contribution in [-0.4, -0.2) is 0 Å². The zero-order valence-electron chi connectivity index (χ0n) is 6.14. The fourth-order valence-corrected chi connectivity index (χ4v) is 1.55. The van der Waals surface area contributed by atoms with Crippen LogP contribution in [-0.2, 0) is 0 Å². The number of aryl methyl sites for hydroxylation is 1. The van der Waals surface area contributed by atoms with Crippen LogP contribution in [0.5, 0.6) is 0 Å². The standard InChI is InChI=1S/C9H8I2/c1-7-3-2-4-8(5-7)9(11)6-10/h2-6H,1H3/b9-6+. The van der Waals surface area contributed by atoms with Crippen molar-refractivity contribution in [2.24, 2.45) is 0 Å². The molecule has 58 valence electrons. The lowest BCUT2D eigenvalue weighted by atomic mass is 10.1. The maximum absolute atomic E-state index is 2.34. The average Bonchev–Trinajstić information content (AvgIpc) is 2.03. The molecule has 0 aliphatic rings. The molecule has 0 fully saturated rings.